The van der Waals surface area contributed by atoms with E-state index in [4.69, 9.17) is 4.74 Å². The Balaban J connectivity index is 1.45. The third-order valence-electron chi connectivity index (χ3n) is 6.78. The number of methoxy groups -OCH3 is 1. The summed E-state index contributed by atoms with van der Waals surface area (Å²) in [6.45, 7) is 3.57. The molecule has 0 unspecified atom stereocenters. The number of nitrogens with zero attached hydrogens (tertiary/aromatic N) is 2. The molecule has 154 valence electrons. The summed E-state index contributed by atoms with van der Waals surface area (Å²) < 4.78 is 7.02. The van der Waals surface area contributed by atoms with Crippen molar-refractivity contribution < 1.29 is 9.53 Å². The Hall–Kier alpha value is -1.82. The number of amides is 1. The van der Waals surface area contributed by atoms with E-state index in [1.807, 2.05) is 15.5 Å². The predicted octanol–water partition coefficient (Wildman–Crippen LogP) is 2.82. The van der Waals surface area contributed by atoms with Gasteiger partial charge >= 0.3 is 0 Å². The molecule has 4 rings (SSSR count). The smallest absolute Gasteiger partial charge is 0.274 e. The summed E-state index contributed by atoms with van der Waals surface area (Å²) in [5.41, 5.74) is 1.94. The van der Waals surface area contributed by atoms with Crippen molar-refractivity contribution in [2.24, 2.45) is 11.8 Å². The molecule has 0 aromatic carbocycles. The first-order valence-electron chi connectivity index (χ1n) is 10.9. The van der Waals surface area contributed by atoms with Crippen LogP contribution in [0.5, 0.6) is 0 Å². The lowest BCUT2D eigenvalue weighted by Gasteiger charge is -2.43. The van der Waals surface area contributed by atoms with Crippen molar-refractivity contribution in [3.63, 3.8) is 0 Å². The van der Waals surface area contributed by atoms with Gasteiger partial charge in [0.05, 0.1) is 13.0 Å². The average molecular weight is 388 g/mol. The molecule has 2 fully saturated rings. The van der Waals surface area contributed by atoms with Gasteiger partial charge in [0.15, 0.2) is 0 Å². The van der Waals surface area contributed by atoms with Gasteiger partial charge in [0.2, 0.25) is 5.91 Å². The molecule has 1 amide bonds. The van der Waals surface area contributed by atoms with Gasteiger partial charge in [0.25, 0.3) is 5.56 Å². The van der Waals surface area contributed by atoms with Crippen LogP contribution in [0, 0.1) is 11.8 Å². The van der Waals surface area contributed by atoms with E-state index in [1.165, 1.54) is 32.1 Å². The van der Waals surface area contributed by atoms with Gasteiger partial charge in [-0.3, -0.25) is 9.59 Å². The van der Waals surface area contributed by atoms with Crippen molar-refractivity contribution in [2.45, 2.75) is 57.4 Å². The van der Waals surface area contributed by atoms with Crippen LogP contribution in [0.3, 0.4) is 0 Å². The molecule has 6 heteroatoms. The Morgan fingerprint density at radius 2 is 2.00 bits per heavy atom. The fraction of sp³-hybridized carbons (Fsp3) is 0.727. The van der Waals surface area contributed by atoms with Crippen molar-refractivity contribution in [3.05, 3.63) is 28.2 Å². The van der Waals surface area contributed by atoms with E-state index < -0.39 is 0 Å². The van der Waals surface area contributed by atoms with Crippen molar-refractivity contribution >= 4 is 11.6 Å². The molecule has 6 nitrogen and oxygen atoms in total. The van der Waals surface area contributed by atoms with Crippen LogP contribution in [0.4, 0.5) is 5.69 Å². The standard InChI is InChI=1S/C22H33N3O3/c1-28-10-9-21(26)24-13-17-11-18(15-24)20-8-7-19(22(27)25(20)14-17)23-12-16-5-3-2-4-6-16/h7-8,16-18,23H,2-6,9-15H2,1H3/t17-,18-/m1/s1. The van der Waals surface area contributed by atoms with Crippen LogP contribution in [0.1, 0.15) is 56.6 Å². The summed E-state index contributed by atoms with van der Waals surface area (Å²) in [6, 6.07) is 4.07. The van der Waals surface area contributed by atoms with Crippen LogP contribution in [0.15, 0.2) is 16.9 Å². The molecule has 1 saturated carbocycles. The van der Waals surface area contributed by atoms with Gasteiger partial charge in [-0.05, 0) is 43.2 Å². The fourth-order valence-electron chi connectivity index (χ4n) is 5.28. The summed E-state index contributed by atoms with van der Waals surface area (Å²) >= 11 is 0. The lowest BCUT2D eigenvalue weighted by molar-refractivity contribution is -0.134. The van der Waals surface area contributed by atoms with Gasteiger partial charge in [-0.25, -0.2) is 0 Å². The van der Waals surface area contributed by atoms with Crippen LogP contribution in [-0.4, -0.2) is 48.7 Å². The number of carbonyl (C=O) groups excluding carboxylic acids is 1. The minimum atomic E-state index is 0.113. The number of carbonyl (C=O) groups is 1. The normalized spacial score (nSPS) is 24.7. The summed E-state index contributed by atoms with van der Waals surface area (Å²) in [4.78, 5) is 27.5. The molecule has 0 radical (unpaired) electrons. The van der Waals surface area contributed by atoms with Gasteiger partial charge in [-0.1, -0.05) is 19.3 Å². The number of rotatable bonds is 6. The number of hydrogen-bond donors (Lipinski definition) is 1. The summed E-state index contributed by atoms with van der Waals surface area (Å²) in [5, 5.41) is 3.44. The third kappa shape index (κ3) is 4.12. The highest BCUT2D eigenvalue weighted by molar-refractivity contribution is 5.76. The maximum absolute atomic E-state index is 13.1. The van der Waals surface area contributed by atoms with Gasteiger partial charge in [0, 0.05) is 44.9 Å². The van der Waals surface area contributed by atoms with Crippen LogP contribution >= 0.6 is 0 Å². The first-order chi connectivity index (χ1) is 13.7. The third-order valence-corrected chi connectivity index (χ3v) is 6.78. The van der Waals surface area contributed by atoms with E-state index in [0.29, 0.717) is 31.4 Å². The second-order valence-electron chi connectivity index (χ2n) is 8.81. The van der Waals surface area contributed by atoms with Gasteiger partial charge in [-0.2, -0.15) is 0 Å². The minimum Gasteiger partial charge on any atom is -0.384 e. The molecular weight excluding hydrogens is 354 g/mol. The van der Waals surface area contributed by atoms with Crippen LogP contribution in [-0.2, 0) is 16.1 Å². The highest BCUT2D eigenvalue weighted by Gasteiger charge is 2.36. The zero-order valence-corrected chi connectivity index (χ0v) is 17.0. The number of anilines is 1. The topological polar surface area (TPSA) is 63.6 Å². The van der Waals surface area contributed by atoms with Crippen LogP contribution in [0.25, 0.3) is 0 Å². The Labute approximate surface area is 167 Å². The number of pyridine rings is 1. The number of piperidine rings is 1. The second-order valence-corrected chi connectivity index (χ2v) is 8.81. The number of aromatic nitrogens is 1. The molecule has 3 heterocycles. The van der Waals surface area contributed by atoms with Crippen molar-refractivity contribution in [3.8, 4) is 0 Å². The molecule has 3 aliphatic rings. The summed E-state index contributed by atoms with van der Waals surface area (Å²) in [6.07, 6.45) is 8.05. The number of nitrogens with one attached hydrogen (secondary N) is 1. The minimum absolute atomic E-state index is 0.113. The summed E-state index contributed by atoms with van der Waals surface area (Å²) in [5.74, 6) is 1.49. The molecule has 1 N–H and O–H groups in total. The van der Waals surface area contributed by atoms with E-state index in [9.17, 15) is 9.59 Å². The monoisotopic (exact) mass is 387 g/mol. The fourth-order valence-corrected chi connectivity index (χ4v) is 5.28. The van der Waals surface area contributed by atoms with Gasteiger partial charge in [-0.15, -0.1) is 0 Å². The van der Waals surface area contributed by atoms with Crippen LogP contribution < -0.4 is 10.9 Å². The Morgan fingerprint density at radius 1 is 1.18 bits per heavy atom. The summed E-state index contributed by atoms with van der Waals surface area (Å²) in [7, 11) is 1.63. The Bertz CT molecular complexity index is 754. The van der Waals surface area contributed by atoms with Gasteiger partial charge in [0.1, 0.15) is 5.69 Å². The predicted molar refractivity (Wildman–Crippen MR) is 110 cm³/mol. The largest absolute Gasteiger partial charge is 0.384 e. The quantitative estimate of drug-likeness (QED) is 0.815. The SMILES string of the molecule is COCCC(=O)N1C[C@H]2C[C@H](C1)c1ccc(NCC3CCCCC3)c(=O)n1C2. The van der Waals surface area contributed by atoms with Crippen LogP contribution in [0.2, 0.25) is 0 Å². The molecular formula is C22H33N3O3. The maximum Gasteiger partial charge on any atom is 0.274 e. The van der Waals surface area contributed by atoms with E-state index in [0.717, 1.165) is 37.4 Å². The van der Waals surface area contributed by atoms with Crippen molar-refractivity contribution in [1.82, 2.24) is 9.47 Å². The molecule has 2 atom stereocenters. The van der Waals surface area contributed by atoms with Gasteiger partial charge < -0.3 is 19.5 Å². The first kappa shape index (κ1) is 19.5. The maximum atomic E-state index is 13.1. The zero-order chi connectivity index (χ0) is 19.5. The lowest BCUT2D eigenvalue weighted by Crippen LogP contribution is -2.49. The van der Waals surface area contributed by atoms with Crippen molar-refractivity contribution in [2.75, 3.05) is 38.7 Å². The molecule has 2 aliphatic heterocycles. The number of hydrogen-bond acceptors (Lipinski definition) is 4. The van der Waals surface area contributed by atoms with E-state index in [-0.39, 0.29) is 17.4 Å². The van der Waals surface area contributed by atoms with E-state index >= 15 is 0 Å². The average Bonchev–Trinajstić information content (AvgIpc) is 2.72. The zero-order valence-electron chi connectivity index (χ0n) is 17.0. The molecule has 1 aromatic rings. The Morgan fingerprint density at radius 3 is 2.79 bits per heavy atom. The molecule has 1 aliphatic carbocycles. The second kappa shape index (κ2) is 8.68. The first-order valence-corrected chi connectivity index (χ1v) is 10.9. The molecule has 1 saturated heterocycles. The number of likely N-dealkylation sites (tertiary alicyclic amines) is 1. The van der Waals surface area contributed by atoms with E-state index in [2.05, 4.69) is 11.4 Å². The molecule has 28 heavy (non-hydrogen) atoms. The van der Waals surface area contributed by atoms with E-state index in [1.54, 1.807) is 7.11 Å². The number of ether oxygens (including phenoxy) is 1. The highest BCUT2D eigenvalue weighted by atomic mass is 16.5. The molecule has 2 bridgehead atoms. The molecule has 1 aromatic heterocycles. The Kier molecular flexibility index (Phi) is 6.04. The van der Waals surface area contributed by atoms with Crippen molar-refractivity contribution in [1.29, 1.82) is 0 Å². The number of fused-ring (bicyclic) bond motifs is 4. The highest BCUT2D eigenvalue weighted by Crippen LogP contribution is 2.35. The molecule has 0 spiro atoms. The lowest BCUT2D eigenvalue weighted by atomic mass is 9.83.